The molecule has 0 aliphatic rings. The maximum absolute atomic E-state index is 12.2. The van der Waals surface area contributed by atoms with Gasteiger partial charge in [-0.3, -0.25) is 23.7 Å². The molecule has 0 spiro atoms. The number of para-hydroxylation sites is 1. The van der Waals surface area contributed by atoms with E-state index in [1.807, 2.05) is 41.2 Å². The highest BCUT2D eigenvalue weighted by atomic mass is 16.2. The summed E-state index contributed by atoms with van der Waals surface area (Å²) in [5.74, 6) is -0.525. The third-order valence-electron chi connectivity index (χ3n) is 5.32. The minimum absolute atomic E-state index is 0.0487. The molecule has 2 amide bonds. The Hall–Kier alpha value is -4.27. The number of nitrogens with one attached hydrogen (secondary N) is 2. The fraction of sp³-hybridized carbons (Fsp3) is 0.240. The number of benzene rings is 2. The average molecular weight is 459 g/mol. The van der Waals surface area contributed by atoms with Crippen LogP contribution in [0, 0.1) is 0 Å². The standard InChI is InChI=1S/C25H26N6O3/c32-23(19-7-2-1-3-8-19)11-12-24(33)29-21-16-27-30(17-21)18-25(34)26-13-6-14-31-22-10-5-4-9-20(22)15-28-31/h1-5,7-10,15-17H,6,11-14,18H2,(H,26,34)(H,29,33). The van der Waals surface area contributed by atoms with Gasteiger partial charge in [-0.25, -0.2) is 0 Å². The fourth-order valence-electron chi connectivity index (χ4n) is 3.60. The van der Waals surface area contributed by atoms with Crippen LogP contribution in [0.15, 0.2) is 73.2 Å². The third-order valence-corrected chi connectivity index (χ3v) is 5.32. The minimum atomic E-state index is -0.278. The molecule has 34 heavy (non-hydrogen) atoms. The summed E-state index contributed by atoms with van der Waals surface area (Å²) in [5.41, 5.74) is 2.15. The van der Waals surface area contributed by atoms with E-state index in [4.69, 9.17) is 0 Å². The second-order valence-electron chi connectivity index (χ2n) is 7.89. The van der Waals surface area contributed by atoms with Gasteiger partial charge in [-0.1, -0.05) is 48.5 Å². The summed E-state index contributed by atoms with van der Waals surface area (Å²) in [4.78, 5) is 36.5. The Morgan fingerprint density at radius 3 is 2.50 bits per heavy atom. The molecule has 2 aromatic carbocycles. The summed E-state index contributed by atoms with van der Waals surface area (Å²) in [6, 6.07) is 16.9. The van der Waals surface area contributed by atoms with Gasteiger partial charge in [0.1, 0.15) is 6.54 Å². The molecule has 0 aliphatic heterocycles. The predicted molar refractivity (Wildman–Crippen MR) is 128 cm³/mol. The van der Waals surface area contributed by atoms with Gasteiger partial charge < -0.3 is 10.6 Å². The molecule has 4 aromatic rings. The first-order valence-corrected chi connectivity index (χ1v) is 11.2. The number of hydrogen-bond acceptors (Lipinski definition) is 5. The number of nitrogens with zero attached hydrogens (tertiary/aromatic N) is 4. The van der Waals surface area contributed by atoms with E-state index < -0.39 is 0 Å². The van der Waals surface area contributed by atoms with Gasteiger partial charge in [-0.15, -0.1) is 0 Å². The molecular formula is C25H26N6O3. The minimum Gasteiger partial charge on any atom is -0.354 e. The topological polar surface area (TPSA) is 111 Å². The highest BCUT2D eigenvalue weighted by Gasteiger charge is 2.11. The van der Waals surface area contributed by atoms with Crippen LogP contribution in [0.4, 0.5) is 5.69 Å². The number of amides is 2. The highest BCUT2D eigenvalue weighted by Crippen LogP contribution is 2.13. The van der Waals surface area contributed by atoms with Gasteiger partial charge in [-0.2, -0.15) is 10.2 Å². The molecule has 0 bridgehead atoms. The molecule has 174 valence electrons. The van der Waals surface area contributed by atoms with Gasteiger partial charge in [0.05, 0.1) is 23.6 Å². The van der Waals surface area contributed by atoms with Crippen LogP contribution in [0.1, 0.15) is 29.6 Å². The molecule has 0 atom stereocenters. The first kappa shape index (κ1) is 22.9. The summed E-state index contributed by atoms with van der Waals surface area (Å²) in [5, 5.41) is 15.2. The van der Waals surface area contributed by atoms with Gasteiger partial charge in [0.15, 0.2) is 5.78 Å². The highest BCUT2D eigenvalue weighted by molar-refractivity contribution is 5.99. The molecule has 2 aromatic heterocycles. The Kier molecular flexibility index (Phi) is 7.44. The van der Waals surface area contributed by atoms with Crippen LogP contribution in [0.2, 0.25) is 0 Å². The second-order valence-corrected chi connectivity index (χ2v) is 7.89. The summed E-state index contributed by atoms with van der Waals surface area (Å²) >= 11 is 0. The third kappa shape index (κ3) is 6.16. The second kappa shape index (κ2) is 11.0. The van der Waals surface area contributed by atoms with E-state index >= 15 is 0 Å². The number of aromatic nitrogens is 4. The molecule has 4 rings (SSSR count). The SMILES string of the molecule is O=C(Cn1cc(NC(=O)CCC(=O)c2ccccc2)cn1)NCCCn1ncc2ccccc21. The molecule has 0 radical (unpaired) electrons. The van der Waals surface area contributed by atoms with Crippen molar-refractivity contribution in [1.29, 1.82) is 0 Å². The van der Waals surface area contributed by atoms with Crippen LogP contribution < -0.4 is 10.6 Å². The number of hydrogen-bond donors (Lipinski definition) is 2. The Morgan fingerprint density at radius 1 is 0.853 bits per heavy atom. The molecule has 2 heterocycles. The van der Waals surface area contributed by atoms with Crippen molar-refractivity contribution in [3.05, 3.63) is 78.8 Å². The number of Topliss-reactive ketones (excluding diaryl/α,β-unsaturated/α-hetero) is 1. The summed E-state index contributed by atoms with van der Waals surface area (Å²) in [6.07, 6.45) is 5.85. The fourth-order valence-corrected chi connectivity index (χ4v) is 3.60. The Morgan fingerprint density at radius 2 is 1.65 bits per heavy atom. The van der Waals surface area contributed by atoms with Gasteiger partial charge in [0.2, 0.25) is 11.8 Å². The zero-order valence-corrected chi connectivity index (χ0v) is 18.7. The first-order chi connectivity index (χ1) is 16.6. The number of rotatable bonds is 11. The monoisotopic (exact) mass is 458 g/mol. The lowest BCUT2D eigenvalue weighted by Crippen LogP contribution is -2.29. The number of fused-ring (bicyclic) bond motifs is 1. The Labute approximate surface area is 196 Å². The van der Waals surface area contributed by atoms with Crippen LogP contribution in [-0.4, -0.2) is 43.7 Å². The smallest absolute Gasteiger partial charge is 0.241 e. The van der Waals surface area contributed by atoms with Crippen molar-refractivity contribution < 1.29 is 14.4 Å². The number of carbonyl (C=O) groups excluding carboxylic acids is 3. The zero-order valence-electron chi connectivity index (χ0n) is 18.7. The lowest BCUT2D eigenvalue weighted by atomic mass is 10.1. The predicted octanol–water partition coefficient (Wildman–Crippen LogP) is 3.04. The van der Waals surface area contributed by atoms with Gasteiger partial charge in [0.25, 0.3) is 0 Å². The number of anilines is 1. The molecular weight excluding hydrogens is 432 g/mol. The zero-order chi connectivity index (χ0) is 23.8. The van der Waals surface area contributed by atoms with E-state index in [1.165, 1.54) is 10.9 Å². The largest absolute Gasteiger partial charge is 0.354 e. The van der Waals surface area contributed by atoms with Crippen molar-refractivity contribution in [1.82, 2.24) is 24.9 Å². The molecule has 2 N–H and O–H groups in total. The van der Waals surface area contributed by atoms with Crippen LogP contribution in [0.25, 0.3) is 10.9 Å². The maximum Gasteiger partial charge on any atom is 0.241 e. The first-order valence-electron chi connectivity index (χ1n) is 11.2. The lowest BCUT2D eigenvalue weighted by Gasteiger charge is -2.06. The Balaban J connectivity index is 1.15. The summed E-state index contributed by atoms with van der Waals surface area (Å²) in [6.45, 7) is 1.28. The van der Waals surface area contributed by atoms with Crippen LogP contribution in [0.5, 0.6) is 0 Å². The summed E-state index contributed by atoms with van der Waals surface area (Å²) in [7, 11) is 0. The number of aryl methyl sites for hydroxylation is 1. The van der Waals surface area contributed by atoms with Crippen LogP contribution >= 0.6 is 0 Å². The van der Waals surface area contributed by atoms with Crippen molar-refractivity contribution >= 4 is 34.2 Å². The molecule has 0 fully saturated rings. The van der Waals surface area contributed by atoms with Crippen molar-refractivity contribution in [2.75, 3.05) is 11.9 Å². The molecule has 0 aliphatic carbocycles. The number of carbonyl (C=O) groups is 3. The van der Waals surface area contributed by atoms with E-state index in [1.54, 1.807) is 30.5 Å². The molecule has 0 saturated heterocycles. The van der Waals surface area contributed by atoms with E-state index in [0.29, 0.717) is 24.3 Å². The number of ketones is 1. The van der Waals surface area contributed by atoms with Gasteiger partial charge >= 0.3 is 0 Å². The van der Waals surface area contributed by atoms with Gasteiger partial charge in [0, 0.05) is 43.1 Å². The lowest BCUT2D eigenvalue weighted by molar-refractivity contribution is -0.121. The van der Waals surface area contributed by atoms with Crippen LogP contribution in [0.3, 0.4) is 0 Å². The molecule has 0 unspecified atom stereocenters. The van der Waals surface area contributed by atoms with Crippen molar-refractivity contribution in [3.8, 4) is 0 Å². The van der Waals surface area contributed by atoms with Crippen LogP contribution in [-0.2, 0) is 22.7 Å². The van der Waals surface area contributed by atoms with E-state index in [0.717, 1.165) is 17.3 Å². The Bertz CT molecular complexity index is 1280. The van der Waals surface area contributed by atoms with Crippen molar-refractivity contribution in [3.63, 3.8) is 0 Å². The molecule has 9 nitrogen and oxygen atoms in total. The van der Waals surface area contributed by atoms with Crippen molar-refractivity contribution in [2.24, 2.45) is 0 Å². The quantitative estimate of drug-likeness (QED) is 0.265. The summed E-state index contributed by atoms with van der Waals surface area (Å²) < 4.78 is 3.39. The average Bonchev–Trinajstić information content (AvgIpc) is 3.47. The van der Waals surface area contributed by atoms with Crippen molar-refractivity contribution in [2.45, 2.75) is 32.4 Å². The van der Waals surface area contributed by atoms with E-state index in [9.17, 15) is 14.4 Å². The van der Waals surface area contributed by atoms with E-state index in [-0.39, 0.29) is 37.0 Å². The molecule has 9 heteroatoms. The normalized spacial score (nSPS) is 10.8. The maximum atomic E-state index is 12.2. The van der Waals surface area contributed by atoms with E-state index in [2.05, 4.69) is 20.8 Å². The molecule has 0 saturated carbocycles. The van der Waals surface area contributed by atoms with Gasteiger partial charge in [-0.05, 0) is 12.5 Å².